The van der Waals surface area contributed by atoms with Crippen LogP contribution in [0.1, 0.15) is 22.3 Å². The highest BCUT2D eigenvalue weighted by molar-refractivity contribution is 8.18. The van der Waals surface area contributed by atoms with E-state index in [9.17, 15) is 14.4 Å². The minimum Gasteiger partial charge on any atom is -0.342 e. The van der Waals surface area contributed by atoms with Crippen LogP contribution in [-0.2, 0) is 16.1 Å². The van der Waals surface area contributed by atoms with Gasteiger partial charge in [0.25, 0.3) is 11.1 Å². The van der Waals surface area contributed by atoms with Crippen molar-refractivity contribution >= 4 is 63.1 Å². The molecule has 1 aliphatic rings. The Bertz CT molecular complexity index is 1570. The van der Waals surface area contributed by atoms with Gasteiger partial charge in [0.2, 0.25) is 5.91 Å². The Labute approximate surface area is 223 Å². The second-order valence-corrected chi connectivity index (χ2v) is 10.4. The summed E-state index contributed by atoms with van der Waals surface area (Å²) in [5, 5.41) is 3.95. The van der Waals surface area contributed by atoms with Crippen LogP contribution in [0.4, 0.5) is 10.5 Å². The number of halogens is 1. The summed E-state index contributed by atoms with van der Waals surface area (Å²) < 4.78 is 2.07. The molecule has 0 spiro atoms. The van der Waals surface area contributed by atoms with Gasteiger partial charge in [-0.15, -0.1) is 0 Å². The Hall–Kier alpha value is -3.81. The van der Waals surface area contributed by atoms with Crippen molar-refractivity contribution in [1.29, 1.82) is 0 Å². The van der Waals surface area contributed by atoms with Crippen LogP contribution < -0.4 is 5.32 Å². The highest BCUT2D eigenvalue weighted by Crippen LogP contribution is 2.34. The van der Waals surface area contributed by atoms with Crippen molar-refractivity contribution < 1.29 is 14.4 Å². The molecule has 3 amide bonds. The van der Waals surface area contributed by atoms with Crippen LogP contribution in [-0.4, -0.2) is 33.1 Å². The van der Waals surface area contributed by atoms with Crippen LogP contribution in [0.5, 0.6) is 0 Å². The van der Waals surface area contributed by atoms with Crippen molar-refractivity contribution in [2.75, 3.05) is 11.9 Å². The van der Waals surface area contributed by atoms with Gasteiger partial charge in [-0.1, -0.05) is 54.1 Å². The lowest BCUT2D eigenvalue weighted by molar-refractivity contribution is -0.127. The predicted molar refractivity (Wildman–Crippen MR) is 150 cm³/mol. The molecule has 1 fully saturated rings. The molecular weight excluding hydrogens is 506 g/mol. The molecule has 4 aromatic rings. The zero-order valence-electron chi connectivity index (χ0n) is 20.3. The topological polar surface area (TPSA) is 71.4 Å². The number of nitrogens with one attached hydrogen (secondary N) is 1. The number of hydrogen-bond acceptors (Lipinski definition) is 4. The summed E-state index contributed by atoms with van der Waals surface area (Å²) in [5.74, 6) is -0.904. The lowest BCUT2D eigenvalue weighted by Crippen LogP contribution is -2.36. The first-order valence-electron chi connectivity index (χ1n) is 11.7. The third-order valence-electron chi connectivity index (χ3n) is 6.09. The molecule has 0 radical (unpaired) electrons. The molecule has 0 saturated carbocycles. The number of fused-ring (bicyclic) bond motifs is 1. The maximum atomic E-state index is 13.1. The van der Waals surface area contributed by atoms with Crippen LogP contribution in [0.3, 0.4) is 0 Å². The molecule has 0 unspecified atom stereocenters. The number of carbonyl (C=O) groups is 3. The molecule has 6 nitrogen and oxygen atoms in total. The van der Waals surface area contributed by atoms with E-state index >= 15 is 0 Å². The lowest BCUT2D eigenvalue weighted by atomic mass is 10.1. The first kappa shape index (κ1) is 24.9. The molecule has 0 bridgehead atoms. The number of nitrogens with zero attached hydrogens (tertiary/aromatic N) is 2. The van der Waals surface area contributed by atoms with Gasteiger partial charge in [0.15, 0.2) is 0 Å². The number of para-hydroxylation sites is 1. The van der Waals surface area contributed by atoms with Crippen molar-refractivity contribution in [3.05, 3.63) is 105 Å². The second-order valence-electron chi connectivity index (χ2n) is 9.01. The van der Waals surface area contributed by atoms with Crippen molar-refractivity contribution in [2.24, 2.45) is 0 Å². The number of rotatable bonds is 6. The van der Waals surface area contributed by atoms with E-state index in [1.807, 2.05) is 86.8 Å². The van der Waals surface area contributed by atoms with E-state index in [4.69, 9.17) is 11.6 Å². The molecule has 5 rings (SSSR count). The number of aryl methyl sites for hydroxylation is 2. The SMILES string of the molecule is Cc1cc(C)cc(NC(=O)CN2C(=O)S/C(=C/c3cn(Cc4ccccc4Cl)c4ccccc34)C2=O)c1. The fraction of sp³-hybridized carbons (Fsp3) is 0.138. The number of benzene rings is 3. The second kappa shape index (κ2) is 10.3. The average molecular weight is 530 g/mol. The predicted octanol–water partition coefficient (Wildman–Crippen LogP) is 6.63. The van der Waals surface area contributed by atoms with Gasteiger partial charge in [-0.3, -0.25) is 19.3 Å². The van der Waals surface area contributed by atoms with Crippen LogP contribution in [0.25, 0.3) is 17.0 Å². The Morgan fingerprint density at radius 1 is 1.00 bits per heavy atom. The first-order chi connectivity index (χ1) is 17.8. The molecule has 8 heteroatoms. The summed E-state index contributed by atoms with van der Waals surface area (Å²) in [6, 6.07) is 21.2. The number of aromatic nitrogens is 1. The minimum absolute atomic E-state index is 0.282. The molecule has 3 aromatic carbocycles. The maximum Gasteiger partial charge on any atom is 0.294 e. The largest absolute Gasteiger partial charge is 0.342 e. The van der Waals surface area contributed by atoms with Gasteiger partial charge in [-0.2, -0.15) is 0 Å². The number of thioether (sulfide) groups is 1. The number of carbonyl (C=O) groups excluding carboxylic acids is 3. The molecule has 37 heavy (non-hydrogen) atoms. The van der Waals surface area contributed by atoms with Gasteiger partial charge in [-0.25, -0.2) is 0 Å². The molecule has 1 aromatic heterocycles. The highest BCUT2D eigenvalue weighted by Gasteiger charge is 2.36. The Morgan fingerprint density at radius 2 is 1.70 bits per heavy atom. The number of anilines is 1. The van der Waals surface area contributed by atoms with Crippen molar-refractivity contribution in [1.82, 2.24) is 9.47 Å². The summed E-state index contributed by atoms with van der Waals surface area (Å²) in [6.45, 7) is 4.10. The van der Waals surface area contributed by atoms with Crippen molar-refractivity contribution in [3.63, 3.8) is 0 Å². The Balaban J connectivity index is 1.38. The molecule has 186 valence electrons. The smallest absolute Gasteiger partial charge is 0.294 e. The van der Waals surface area contributed by atoms with Crippen molar-refractivity contribution in [3.8, 4) is 0 Å². The van der Waals surface area contributed by atoms with Gasteiger partial charge < -0.3 is 9.88 Å². The van der Waals surface area contributed by atoms with Gasteiger partial charge in [0, 0.05) is 39.9 Å². The standard InChI is InChI=1S/C29H24ClN3O3S/c1-18-11-19(2)13-22(12-18)31-27(34)17-33-28(35)26(37-29(33)36)14-21-16-32(25-10-6-4-8-23(21)25)15-20-7-3-5-9-24(20)30/h3-14,16H,15,17H2,1-2H3,(H,31,34)/b26-14+. The molecule has 0 atom stereocenters. The first-order valence-corrected chi connectivity index (χ1v) is 12.9. The molecule has 1 saturated heterocycles. The van der Waals surface area contributed by atoms with E-state index in [0.29, 0.717) is 17.3 Å². The Kier molecular flexibility index (Phi) is 6.91. The quantitative estimate of drug-likeness (QED) is 0.284. The summed E-state index contributed by atoms with van der Waals surface area (Å²) in [4.78, 5) is 39.7. The van der Waals surface area contributed by atoms with E-state index in [2.05, 4.69) is 9.88 Å². The molecule has 0 aliphatic carbocycles. The van der Waals surface area contributed by atoms with E-state index < -0.39 is 17.1 Å². The fourth-order valence-corrected chi connectivity index (χ4v) is 5.52. The highest BCUT2D eigenvalue weighted by atomic mass is 35.5. The van der Waals surface area contributed by atoms with Gasteiger partial charge in [0.1, 0.15) is 6.54 Å². The summed E-state index contributed by atoms with van der Waals surface area (Å²) >= 11 is 7.22. The monoisotopic (exact) mass is 529 g/mol. The van der Waals surface area contributed by atoms with Crippen molar-refractivity contribution in [2.45, 2.75) is 20.4 Å². The van der Waals surface area contributed by atoms with Crippen LogP contribution >= 0.6 is 23.4 Å². The van der Waals surface area contributed by atoms with E-state index in [-0.39, 0.29) is 11.4 Å². The summed E-state index contributed by atoms with van der Waals surface area (Å²) in [7, 11) is 0. The van der Waals surface area contributed by atoms with Gasteiger partial charge >= 0.3 is 0 Å². The zero-order chi connectivity index (χ0) is 26.1. The fourth-order valence-electron chi connectivity index (χ4n) is 4.50. The molecule has 2 heterocycles. The number of hydrogen-bond donors (Lipinski definition) is 1. The van der Waals surface area contributed by atoms with Gasteiger partial charge in [0.05, 0.1) is 4.91 Å². The number of imide groups is 1. The van der Waals surface area contributed by atoms with Gasteiger partial charge in [-0.05, 0) is 72.6 Å². The third-order valence-corrected chi connectivity index (χ3v) is 7.36. The maximum absolute atomic E-state index is 13.1. The molecule has 1 N–H and O–H groups in total. The lowest BCUT2D eigenvalue weighted by Gasteiger charge is -2.13. The minimum atomic E-state index is -0.478. The van der Waals surface area contributed by atoms with Crippen LogP contribution in [0, 0.1) is 13.8 Å². The third kappa shape index (κ3) is 5.33. The average Bonchev–Trinajstić information content (AvgIpc) is 3.32. The molecular formula is C29H24ClN3O3S. The van der Waals surface area contributed by atoms with E-state index in [0.717, 1.165) is 49.8 Å². The molecule has 1 aliphatic heterocycles. The number of amides is 3. The van der Waals surface area contributed by atoms with Crippen LogP contribution in [0.15, 0.2) is 77.8 Å². The normalized spacial score (nSPS) is 14.7. The summed E-state index contributed by atoms with van der Waals surface area (Å²) in [6.07, 6.45) is 3.67. The Morgan fingerprint density at radius 3 is 2.46 bits per heavy atom. The zero-order valence-corrected chi connectivity index (χ0v) is 21.9. The van der Waals surface area contributed by atoms with Crippen LogP contribution in [0.2, 0.25) is 5.02 Å². The summed E-state index contributed by atoms with van der Waals surface area (Å²) in [5.41, 5.74) is 5.44. The van der Waals surface area contributed by atoms with E-state index in [1.54, 1.807) is 6.08 Å². The van der Waals surface area contributed by atoms with E-state index in [1.165, 1.54) is 0 Å².